The van der Waals surface area contributed by atoms with E-state index in [1.165, 1.54) is 0 Å². The Morgan fingerprint density at radius 1 is 1.25 bits per heavy atom. The first-order valence-electron chi connectivity index (χ1n) is 6.76. The molecule has 0 aromatic carbocycles. The monoisotopic (exact) mass is 288 g/mol. The average molecular weight is 288 g/mol. The van der Waals surface area contributed by atoms with Crippen LogP contribution in [-0.2, 0) is 6.18 Å². The molecular weight excluding hydrogens is 269 g/mol. The highest BCUT2D eigenvalue weighted by atomic mass is 19.4. The minimum Gasteiger partial charge on any atom is -0.488 e. The van der Waals surface area contributed by atoms with Gasteiger partial charge in [0.05, 0.1) is 18.0 Å². The number of anilines is 1. The van der Waals surface area contributed by atoms with Crippen LogP contribution in [-0.4, -0.2) is 11.1 Å². The van der Waals surface area contributed by atoms with E-state index in [0.717, 1.165) is 31.5 Å². The smallest absolute Gasteiger partial charge is 0.433 e. The van der Waals surface area contributed by atoms with E-state index >= 15 is 0 Å². The normalized spacial score (nSPS) is 27.4. The molecule has 2 N–H and O–H groups in total. The lowest BCUT2D eigenvalue weighted by Crippen LogP contribution is -2.29. The molecule has 1 aliphatic carbocycles. The van der Waals surface area contributed by atoms with Crippen LogP contribution >= 0.6 is 0 Å². The third-order valence-electron chi connectivity index (χ3n) is 4.03. The number of nitrogen functional groups attached to an aromatic ring is 1. The van der Waals surface area contributed by atoms with Gasteiger partial charge in [0, 0.05) is 6.07 Å². The van der Waals surface area contributed by atoms with Gasteiger partial charge in [-0.25, -0.2) is 4.98 Å². The number of hydrogen-bond donors (Lipinski definition) is 1. The van der Waals surface area contributed by atoms with Crippen molar-refractivity contribution in [3.63, 3.8) is 0 Å². The van der Waals surface area contributed by atoms with E-state index in [9.17, 15) is 13.2 Å². The zero-order chi connectivity index (χ0) is 14.9. The number of ether oxygens (including phenoxy) is 1. The van der Waals surface area contributed by atoms with Gasteiger partial charge in [0.15, 0.2) is 0 Å². The largest absolute Gasteiger partial charge is 0.488 e. The van der Waals surface area contributed by atoms with Crippen LogP contribution in [0.1, 0.15) is 38.8 Å². The summed E-state index contributed by atoms with van der Waals surface area (Å²) in [6.07, 6.45) is -0.860. The molecule has 0 saturated heterocycles. The zero-order valence-electron chi connectivity index (χ0n) is 11.6. The standard InChI is InChI=1S/C14H19F3N2O/c1-8-3-4-10(5-9(8)2)20-12-6-13(14(15,16)17)19-7-11(12)18/h6-10H,3-5,18H2,1-2H3. The number of nitrogens with zero attached hydrogens (tertiary/aromatic N) is 1. The first kappa shape index (κ1) is 14.9. The molecule has 3 atom stereocenters. The summed E-state index contributed by atoms with van der Waals surface area (Å²) in [5.41, 5.74) is 4.83. The van der Waals surface area contributed by atoms with Gasteiger partial charge in [-0.15, -0.1) is 0 Å². The third-order valence-corrected chi connectivity index (χ3v) is 4.03. The Hall–Kier alpha value is -1.46. The van der Waals surface area contributed by atoms with Crippen molar-refractivity contribution in [3.8, 4) is 5.75 Å². The van der Waals surface area contributed by atoms with Crippen LogP contribution in [0, 0.1) is 11.8 Å². The van der Waals surface area contributed by atoms with Gasteiger partial charge >= 0.3 is 6.18 Å². The fourth-order valence-corrected chi connectivity index (χ4v) is 2.49. The summed E-state index contributed by atoms with van der Waals surface area (Å²) in [7, 11) is 0. The Labute approximate surface area is 116 Å². The minimum atomic E-state index is -4.49. The van der Waals surface area contributed by atoms with Crippen molar-refractivity contribution in [1.82, 2.24) is 4.98 Å². The molecule has 2 rings (SSSR count). The summed E-state index contributed by atoms with van der Waals surface area (Å²) in [4.78, 5) is 3.30. The molecule has 0 amide bonds. The molecule has 3 unspecified atom stereocenters. The first-order valence-corrected chi connectivity index (χ1v) is 6.76. The van der Waals surface area contributed by atoms with Crippen molar-refractivity contribution in [1.29, 1.82) is 0 Å². The fraction of sp³-hybridized carbons (Fsp3) is 0.643. The van der Waals surface area contributed by atoms with Crippen LogP contribution in [0.2, 0.25) is 0 Å². The Balaban J connectivity index is 2.13. The van der Waals surface area contributed by atoms with Crippen LogP contribution < -0.4 is 10.5 Å². The summed E-state index contributed by atoms with van der Waals surface area (Å²) >= 11 is 0. The predicted molar refractivity (Wildman–Crippen MR) is 70.2 cm³/mol. The van der Waals surface area contributed by atoms with E-state index in [1.54, 1.807) is 0 Å². The number of pyridine rings is 1. The quantitative estimate of drug-likeness (QED) is 0.898. The Bertz CT molecular complexity index is 476. The van der Waals surface area contributed by atoms with Crippen molar-refractivity contribution < 1.29 is 17.9 Å². The maximum Gasteiger partial charge on any atom is 0.433 e. The van der Waals surface area contributed by atoms with Gasteiger partial charge < -0.3 is 10.5 Å². The molecule has 0 radical (unpaired) electrons. The molecule has 1 aliphatic rings. The number of hydrogen-bond acceptors (Lipinski definition) is 3. The van der Waals surface area contributed by atoms with Crippen LogP contribution in [0.3, 0.4) is 0 Å². The maximum atomic E-state index is 12.6. The molecule has 1 aromatic rings. The third kappa shape index (κ3) is 3.35. The van der Waals surface area contributed by atoms with Crippen molar-refractivity contribution in [3.05, 3.63) is 18.0 Å². The van der Waals surface area contributed by atoms with Crippen molar-refractivity contribution in [2.24, 2.45) is 11.8 Å². The van der Waals surface area contributed by atoms with E-state index in [0.29, 0.717) is 11.8 Å². The molecule has 3 nitrogen and oxygen atoms in total. The number of rotatable bonds is 2. The van der Waals surface area contributed by atoms with Crippen LogP contribution in [0.25, 0.3) is 0 Å². The molecule has 1 aromatic heterocycles. The molecular formula is C14H19F3N2O. The second-order valence-electron chi connectivity index (χ2n) is 5.61. The van der Waals surface area contributed by atoms with Gasteiger partial charge in [-0.2, -0.15) is 13.2 Å². The molecule has 0 bridgehead atoms. The Morgan fingerprint density at radius 3 is 2.55 bits per heavy atom. The van der Waals surface area contributed by atoms with Crippen LogP contribution in [0.5, 0.6) is 5.75 Å². The van der Waals surface area contributed by atoms with Gasteiger partial charge in [-0.1, -0.05) is 13.8 Å². The van der Waals surface area contributed by atoms with E-state index in [2.05, 4.69) is 18.8 Å². The van der Waals surface area contributed by atoms with Crippen LogP contribution in [0.15, 0.2) is 12.3 Å². The molecule has 20 heavy (non-hydrogen) atoms. The Kier molecular flexibility index (Phi) is 4.11. The summed E-state index contributed by atoms with van der Waals surface area (Å²) in [6.45, 7) is 4.32. The molecule has 0 aliphatic heterocycles. The summed E-state index contributed by atoms with van der Waals surface area (Å²) < 4.78 is 43.6. The van der Waals surface area contributed by atoms with Crippen LogP contribution in [0.4, 0.5) is 18.9 Å². The highest BCUT2D eigenvalue weighted by molar-refractivity contribution is 5.51. The highest BCUT2D eigenvalue weighted by Crippen LogP contribution is 2.36. The number of alkyl halides is 3. The summed E-state index contributed by atoms with van der Waals surface area (Å²) in [5, 5.41) is 0. The first-order chi connectivity index (χ1) is 9.27. The van der Waals surface area contributed by atoms with Gasteiger partial charge in [-0.05, 0) is 31.1 Å². The Morgan fingerprint density at radius 2 is 1.95 bits per heavy atom. The topological polar surface area (TPSA) is 48.1 Å². The van der Waals surface area contributed by atoms with Crippen molar-refractivity contribution in [2.45, 2.75) is 45.4 Å². The van der Waals surface area contributed by atoms with E-state index in [1.807, 2.05) is 0 Å². The predicted octanol–water partition coefficient (Wildman–Crippen LogP) is 3.89. The van der Waals surface area contributed by atoms with Gasteiger partial charge in [-0.3, -0.25) is 0 Å². The van der Waals surface area contributed by atoms with Crippen molar-refractivity contribution in [2.75, 3.05) is 5.73 Å². The minimum absolute atomic E-state index is 0.0769. The maximum absolute atomic E-state index is 12.6. The van der Waals surface area contributed by atoms with Crippen molar-refractivity contribution >= 4 is 5.69 Å². The highest BCUT2D eigenvalue weighted by Gasteiger charge is 2.34. The average Bonchev–Trinajstić information content (AvgIpc) is 2.35. The molecule has 1 fully saturated rings. The molecule has 6 heteroatoms. The molecule has 112 valence electrons. The summed E-state index contributed by atoms with van der Waals surface area (Å²) in [6, 6.07) is 0.887. The lowest BCUT2D eigenvalue weighted by atomic mass is 9.80. The van der Waals surface area contributed by atoms with Gasteiger partial charge in [0.25, 0.3) is 0 Å². The second kappa shape index (κ2) is 5.50. The number of halogens is 3. The lowest BCUT2D eigenvalue weighted by Gasteiger charge is -2.32. The van der Waals surface area contributed by atoms with E-state index in [-0.39, 0.29) is 17.5 Å². The van der Waals surface area contributed by atoms with Gasteiger partial charge in [0.2, 0.25) is 0 Å². The molecule has 1 saturated carbocycles. The van der Waals surface area contributed by atoms with Gasteiger partial charge in [0.1, 0.15) is 11.4 Å². The zero-order valence-corrected chi connectivity index (χ0v) is 11.6. The molecule has 1 heterocycles. The fourth-order valence-electron chi connectivity index (χ4n) is 2.49. The van der Waals surface area contributed by atoms with E-state index < -0.39 is 11.9 Å². The van der Waals surface area contributed by atoms with E-state index in [4.69, 9.17) is 10.5 Å². The second-order valence-corrected chi connectivity index (χ2v) is 5.61. The SMILES string of the molecule is CC1CCC(Oc2cc(C(F)(F)F)ncc2N)CC1C. The summed E-state index contributed by atoms with van der Waals surface area (Å²) in [5.74, 6) is 1.20. The lowest BCUT2D eigenvalue weighted by molar-refractivity contribution is -0.141. The number of nitrogens with two attached hydrogens (primary N) is 1. The molecule has 0 spiro atoms. The number of aromatic nitrogens is 1.